The monoisotopic (exact) mass is 668 g/mol. The molecule has 0 atom stereocenters. The predicted octanol–water partition coefficient (Wildman–Crippen LogP) is 11.9. The van der Waals surface area contributed by atoms with Crippen molar-refractivity contribution in [3.05, 3.63) is 106 Å². The number of aromatic nitrogens is 2. The summed E-state index contributed by atoms with van der Waals surface area (Å²) in [5, 5.41) is 2.64. The number of hydrogen-bond donors (Lipinski definition) is 0. The first-order chi connectivity index (χ1) is 24.6. The third kappa shape index (κ3) is 6.68. The van der Waals surface area contributed by atoms with Crippen molar-refractivity contribution in [3.63, 3.8) is 0 Å². The third-order valence-corrected chi connectivity index (χ3v) is 10.3. The van der Waals surface area contributed by atoms with Crippen LogP contribution >= 0.6 is 0 Å². The van der Waals surface area contributed by atoms with E-state index < -0.39 is 0 Å². The van der Waals surface area contributed by atoms with E-state index in [4.69, 9.17) is 8.83 Å². The van der Waals surface area contributed by atoms with Gasteiger partial charge in [0.25, 0.3) is 0 Å². The minimum Gasteiger partial charge on any atom is -0.464 e. The van der Waals surface area contributed by atoms with Crippen LogP contribution in [-0.2, 0) is 13.1 Å². The molecular formula is C44H48N2O4. The Morgan fingerprint density at radius 1 is 0.460 bits per heavy atom. The molecule has 6 nitrogen and oxygen atoms in total. The van der Waals surface area contributed by atoms with E-state index in [1.807, 2.05) is 72.8 Å². The van der Waals surface area contributed by atoms with Crippen molar-refractivity contribution in [2.24, 2.45) is 0 Å². The highest BCUT2D eigenvalue weighted by atomic mass is 16.3. The molecule has 0 aliphatic rings. The van der Waals surface area contributed by atoms with Crippen molar-refractivity contribution in [2.75, 3.05) is 0 Å². The fraction of sp³-hybridized carbons (Fsp3) is 0.364. The van der Waals surface area contributed by atoms with Gasteiger partial charge < -0.3 is 18.0 Å². The van der Waals surface area contributed by atoms with Gasteiger partial charge in [0.2, 0.25) is 0 Å². The number of nitrogens with zero attached hydrogens (tertiary/aromatic N) is 2. The Bertz CT molecular complexity index is 2180. The van der Waals surface area contributed by atoms with Gasteiger partial charge in [-0.2, -0.15) is 0 Å². The molecular weight excluding hydrogens is 620 g/mol. The number of hydrogen-bond acceptors (Lipinski definition) is 4. The molecule has 0 radical (unpaired) electrons. The van der Waals surface area contributed by atoms with Crippen molar-refractivity contribution in [3.8, 4) is 22.6 Å². The van der Waals surface area contributed by atoms with E-state index in [-0.39, 0.29) is 10.9 Å². The van der Waals surface area contributed by atoms with Gasteiger partial charge >= 0.3 is 0 Å². The molecule has 0 saturated heterocycles. The summed E-state index contributed by atoms with van der Waals surface area (Å²) in [7, 11) is 0. The zero-order valence-electron chi connectivity index (χ0n) is 29.5. The molecule has 0 aliphatic carbocycles. The molecule has 4 aromatic heterocycles. The van der Waals surface area contributed by atoms with Crippen LogP contribution in [0.15, 0.2) is 104 Å². The van der Waals surface area contributed by atoms with Gasteiger partial charge in [-0.1, -0.05) is 78.1 Å². The summed E-state index contributed by atoms with van der Waals surface area (Å²) < 4.78 is 16.0. The standard InChI is InChI=1S/C44H48N2O4/c1-3-5-7-9-11-13-23-45-37-21-19-31(41-17-15-25-49-41)27-33(37)43(47)35-30-40-36(29-39(35)45)44(48)34-28-32(42-18-16-26-50-42)20-22-38(34)46(40)24-14-12-10-8-6-4-2/h15-22,25-30H,3-14,23-24H2,1-2H3. The number of pyridine rings is 2. The van der Waals surface area contributed by atoms with Gasteiger partial charge in [-0.15, -0.1) is 0 Å². The molecule has 0 saturated carbocycles. The van der Waals surface area contributed by atoms with Gasteiger partial charge in [-0.3, -0.25) is 9.59 Å². The van der Waals surface area contributed by atoms with E-state index >= 15 is 0 Å². The van der Waals surface area contributed by atoms with Gasteiger partial charge in [-0.25, -0.2) is 0 Å². The van der Waals surface area contributed by atoms with Crippen LogP contribution in [0.25, 0.3) is 66.3 Å². The molecule has 4 heterocycles. The molecule has 258 valence electrons. The van der Waals surface area contributed by atoms with Crippen LogP contribution in [0.4, 0.5) is 0 Å². The smallest absolute Gasteiger partial charge is 0.197 e. The van der Waals surface area contributed by atoms with Gasteiger partial charge in [-0.05, 0) is 85.6 Å². The molecule has 50 heavy (non-hydrogen) atoms. The summed E-state index contributed by atoms with van der Waals surface area (Å²) >= 11 is 0. The molecule has 0 bridgehead atoms. The summed E-state index contributed by atoms with van der Waals surface area (Å²) in [6.45, 7) is 6.02. The summed E-state index contributed by atoms with van der Waals surface area (Å²) in [4.78, 5) is 29.0. The maximum atomic E-state index is 14.5. The van der Waals surface area contributed by atoms with Crippen LogP contribution in [0.2, 0.25) is 0 Å². The minimum atomic E-state index is -0.0173. The molecule has 0 aliphatic heterocycles. The molecule has 3 aromatic carbocycles. The second-order valence-corrected chi connectivity index (χ2v) is 13.8. The predicted molar refractivity (Wildman–Crippen MR) is 207 cm³/mol. The quantitative estimate of drug-likeness (QED) is 0.0759. The van der Waals surface area contributed by atoms with Gasteiger partial charge in [0.15, 0.2) is 10.9 Å². The Balaban J connectivity index is 1.43. The fourth-order valence-electron chi connectivity index (χ4n) is 7.62. The minimum absolute atomic E-state index is 0.0173. The zero-order chi connectivity index (χ0) is 34.5. The summed E-state index contributed by atoms with van der Waals surface area (Å²) in [6.07, 6.45) is 17.4. The SMILES string of the molecule is CCCCCCCCn1c2ccc(-c3ccco3)cc2c(=O)c2cc3c(cc21)c(=O)c1cc(-c2ccco2)ccc1n3CCCCCCCC. The lowest BCUT2D eigenvalue weighted by atomic mass is 10.0. The van der Waals surface area contributed by atoms with E-state index in [0.717, 1.165) is 83.5 Å². The first-order valence-corrected chi connectivity index (χ1v) is 18.8. The van der Waals surface area contributed by atoms with E-state index in [1.165, 1.54) is 51.4 Å². The Morgan fingerprint density at radius 2 is 0.860 bits per heavy atom. The van der Waals surface area contributed by atoms with Gasteiger partial charge in [0.1, 0.15) is 11.5 Å². The summed E-state index contributed by atoms with van der Waals surface area (Å²) in [5.74, 6) is 1.47. The number of benzene rings is 3. The topological polar surface area (TPSA) is 70.3 Å². The van der Waals surface area contributed by atoms with Crippen LogP contribution in [0, 0.1) is 0 Å². The average Bonchev–Trinajstić information content (AvgIpc) is 3.89. The lowest BCUT2D eigenvalue weighted by Gasteiger charge is -2.19. The van der Waals surface area contributed by atoms with E-state index in [1.54, 1.807) is 12.5 Å². The van der Waals surface area contributed by atoms with Crippen LogP contribution in [0.3, 0.4) is 0 Å². The summed E-state index contributed by atoms with van der Waals surface area (Å²) in [5.41, 5.74) is 5.14. The largest absolute Gasteiger partial charge is 0.464 e. The number of furan rings is 2. The van der Waals surface area contributed by atoms with Crippen LogP contribution < -0.4 is 10.9 Å². The second-order valence-electron chi connectivity index (χ2n) is 13.8. The van der Waals surface area contributed by atoms with Crippen LogP contribution in [-0.4, -0.2) is 9.13 Å². The number of aryl methyl sites for hydroxylation is 2. The normalized spacial score (nSPS) is 11.9. The molecule has 7 rings (SSSR count). The molecule has 7 aromatic rings. The lowest BCUT2D eigenvalue weighted by molar-refractivity contribution is 0.569. The Hall–Kier alpha value is -4.84. The molecule has 0 spiro atoms. The van der Waals surface area contributed by atoms with Gasteiger partial charge in [0, 0.05) is 45.8 Å². The number of unbranched alkanes of at least 4 members (excludes halogenated alkanes) is 10. The van der Waals surface area contributed by atoms with E-state index in [2.05, 4.69) is 23.0 Å². The highest BCUT2D eigenvalue weighted by Gasteiger charge is 2.19. The molecule has 0 amide bonds. The number of rotatable bonds is 16. The molecule has 0 N–H and O–H groups in total. The van der Waals surface area contributed by atoms with Crippen LogP contribution in [0.1, 0.15) is 90.9 Å². The third-order valence-electron chi connectivity index (χ3n) is 10.3. The first kappa shape index (κ1) is 33.6. The van der Waals surface area contributed by atoms with Crippen LogP contribution in [0.5, 0.6) is 0 Å². The number of fused-ring (bicyclic) bond motifs is 4. The van der Waals surface area contributed by atoms with Crippen molar-refractivity contribution >= 4 is 43.6 Å². The summed E-state index contributed by atoms with van der Waals surface area (Å²) in [6, 6.07) is 23.7. The maximum absolute atomic E-state index is 14.5. The zero-order valence-corrected chi connectivity index (χ0v) is 29.5. The Labute approximate surface area is 293 Å². The maximum Gasteiger partial charge on any atom is 0.197 e. The first-order valence-electron chi connectivity index (χ1n) is 18.8. The Kier molecular flexibility index (Phi) is 10.3. The highest BCUT2D eigenvalue weighted by molar-refractivity contribution is 6.04. The Morgan fingerprint density at radius 3 is 1.26 bits per heavy atom. The van der Waals surface area contributed by atoms with Crippen molar-refractivity contribution < 1.29 is 8.83 Å². The molecule has 6 heteroatoms. The van der Waals surface area contributed by atoms with Crippen molar-refractivity contribution in [1.29, 1.82) is 0 Å². The van der Waals surface area contributed by atoms with Gasteiger partial charge in [0.05, 0.1) is 34.6 Å². The fourth-order valence-corrected chi connectivity index (χ4v) is 7.62. The van der Waals surface area contributed by atoms with Crippen molar-refractivity contribution in [2.45, 2.75) is 104 Å². The average molecular weight is 669 g/mol. The second kappa shape index (κ2) is 15.4. The van der Waals surface area contributed by atoms with E-state index in [9.17, 15) is 9.59 Å². The van der Waals surface area contributed by atoms with Crippen molar-refractivity contribution in [1.82, 2.24) is 9.13 Å². The molecule has 0 unspecified atom stereocenters. The van der Waals surface area contributed by atoms with E-state index in [0.29, 0.717) is 21.5 Å². The highest BCUT2D eigenvalue weighted by Crippen LogP contribution is 2.31. The molecule has 0 fully saturated rings. The lowest BCUT2D eigenvalue weighted by Crippen LogP contribution is -2.16.